The van der Waals surface area contributed by atoms with Crippen LogP contribution >= 0.6 is 0 Å². The molecule has 1 heteroatoms. The monoisotopic (exact) mass is 236 g/mol. The Morgan fingerprint density at radius 2 is 1.83 bits per heavy atom. The van der Waals surface area contributed by atoms with E-state index in [4.69, 9.17) is 4.74 Å². The van der Waals surface area contributed by atoms with Crippen LogP contribution in [0.1, 0.15) is 28.2 Å². The van der Waals surface area contributed by atoms with Gasteiger partial charge in [-0.2, -0.15) is 0 Å². The van der Waals surface area contributed by atoms with Gasteiger partial charge in [0.05, 0.1) is 7.11 Å². The summed E-state index contributed by atoms with van der Waals surface area (Å²) in [5, 5.41) is 0. The van der Waals surface area contributed by atoms with E-state index in [1.165, 1.54) is 22.3 Å². The first-order chi connectivity index (χ1) is 8.79. The maximum Gasteiger partial charge on any atom is 0.119 e. The predicted molar refractivity (Wildman–Crippen MR) is 75.1 cm³/mol. The van der Waals surface area contributed by atoms with Gasteiger partial charge in [-0.15, -0.1) is 0 Å². The van der Waals surface area contributed by atoms with Crippen molar-refractivity contribution >= 4 is 6.08 Å². The van der Waals surface area contributed by atoms with Crippen LogP contribution in [0, 0.1) is 6.92 Å². The summed E-state index contributed by atoms with van der Waals surface area (Å²) >= 11 is 0. The Hall–Kier alpha value is -2.02. The number of aryl methyl sites for hydroxylation is 1. The molecule has 0 aliphatic heterocycles. The van der Waals surface area contributed by atoms with Crippen LogP contribution in [-0.2, 0) is 0 Å². The van der Waals surface area contributed by atoms with Gasteiger partial charge in [0.2, 0.25) is 0 Å². The van der Waals surface area contributed by atoms with Crippen LogP contribution in [0.3, 0.4) is 0 Å². The third-order valence-corrected chi connectivity index (χ3v) is 3.62. The normalized spacial score (nSPS) is 16.7. The van der Waals surface area contributed by atoms with E-state index in [9.17, 15) is 0 Å². The van der Waals surface area contributed by atoms with Crippen molar-refractivity contribution in [3.05, 3.63) is 70.8 Å². The molecule has 0 aromatic heterocycles. The third-order valence-electron chi connectivity index (χ3n) is 3.62. The zero-order chi connectivity index (χ0) is 12.5. The molecule has 0 amide bonds. The first-order valence-electron chi connectivity index (χ1n) is 6.21. The average molecular weight is 236 g/mol. The Morgan fingerprint density at radius 1 is 1.00 bits per heavy atom. The molecule has 2 aromatic carbocycles. The predicted octanol–water partition coefficient (Wildman–Crippen LogP) is 4.16. The maximum absolute atomic E-state index is 5.33. The molecule has 1 nitrogen and oxygen atoms in total. The first kappa shape index (κ1) is 11.1. The number of methoxy groups -OCH3 is 1. The molecule has 18 heavy (non-hydrogen) atoms. The Morgan fingerprint density at radius 3 is 2.61 bits per heavy atom. The smallest absolute Gasteiger partial charge is 0.119 e. The molecule has 1 atom stereocenters. The topological polar surface area (TPSA) is 9.23 Å². The molecule has 0 spiro atoms. The van der Waals surface area contributed by atoms with Gasteiger partial charge in [-0.05, 0) is 41.3 Å². The van der Waals surface area contributed by atoms with E-state index in [0.717, 1.165) is 5.75 Å². The molecule has 3 rings (SSSR count). The summed E-state index contributed by atoms with van der Waals surface area (Å²) in [6.07, 6.45) is 4.47. The number of fused-ring (bicyclic) bond motifs is 1. The lowest BCUT2D eigenvalue weighted by molar-refractivity contribution is 0.414. The lowest BCUT2D eigenvalue weighted by atomic mass is 9.90. The zero-order valence-corrected chi connectivity index (χ0v) is 10.7. The molecule has 1 unspecified atom stereocenters. The highest BCUT2D eigenvalue weighted by Crippen LogP contribution is 2.38. The molecular weight excluding hydrogens is 220 g/mol. The molecule has 0 N–H and O–H groups in total. The van der Waals surface area contributed by atoms with Gasteiger partial charge in [-0.3, -0.25) is 0 Å². The molecule has 1 aliphatic rings. The summed E-state index contributed by atoms with van der Waals surface area (Å²) in [5.41, 5.74) is 5.34. The van der Waals surface area contributed by atoms with Crippen LogP contribution in [0.25, 0.3) is 6.08 Å². The number of benzene rings is 2. The summed E-state index contributed by atoms with van der Waals surface area (Å²) in [7, 11) is 1.72. The number of hydrogen-bond acceptors (Lipinski definition) is 1. The van der Waals surface area contributed by atoms with E-state index in [1.54, 1.807) is 7.11 Å². The van der Waals surface area contributed by atoms with Crippen LogP contribution in [0.2, 0.25) is 0 Å². The molecular formula is C17H16O. The highest BCUT2D eigenvalue weighted by atomic mass is 16.5. The summed E-state index contributed by atoms with van der Waals surface area (Å²) in [5.74, 6) is 1.28. The van der Waals surface area contributed by atoms with Crippen molar-refractivity contribution in [2.45, 2.75) is 12.8 Å². The van der Waals surface area contributed by atoms with Crippen LogP contribution in [-0.4, -0.2) is 7.11 Å². The Bertz CT molecular complexity index is 611. The van der Waals surface area contributed by atoms with Crippen molar-refractivity contribution < 1.29 is 4.74 Å². The first-order valence-corrected chi connectivity index (χ1v) is 6.21. The van der Waals surface area contributed by atoms with Crippen molar-refractivity contribution in [3.63, 3.8) is 0 Å². The Balaban J connectivity index is 2.09. The summed E-state index contributed by atoms with van der Waals surface area (Å²) < 4.78 is 5.33. The molecule has 0 heterocycles. The molecule has 0 bridgehead atoms. The van der Waals surface area contributed by atoms with Crippen molar-refractivity contribution in [1.82, 2.24) is 0 Å². The number of allylic oxidation sites excluding steroid dienone is 1. The Labute approximate surface area is 108 Å². The van der Waals surface area contributed by atoms with Crippen molar-refractivity contribution in [2.75, 3.05) is 7.11 Å². The van der Waals surface area contributed by atoms with Crippen LogP contribution in [0.4, 0.5) is 0 Å². The number of ether oxygens (including phenoxy) is 1. The fourth-order valence-corrected chi connectivity index (χ4v) is 2.61. The van der Waals surface area contributed by atoms with E-state index in [1.807, 2.05) is 6.07 Å². The van der Waals surface area contributed by atoms with Crippen LogP contribution < -0.4 is 4.74 Å². The maximum atomic E-state index is 5.33. The van der Waals surface area contributed by atoms with Crippen LogP contribution in [0.15, 0.2) is 48.5 Å². The third kappa shape index (κ3) is 1.72. The largest absolute Gasteiger partial charge is 0.497 e. The molecule has 0 fully saturated rings. The molecule has 0 radical (unpaired) electrons. The second-order valence-corrected chi connectivity index (χ2v) is 4.69. The van der Waals surface area contributed by atoms with Crippen molar-refractivity contribution in [3.8, 4) is 5.75 Å². The summed E-state index contributed by atoms with van der Waals surface area (Å²) in [6, 6.07) is 14.9. The fraction of sp³-hybridized carbons (Fsp3) is 0.176. The highest BCUT2D eigenvalue weighted by molar-refractivity contribution is 5.67. The Kier molecular flexibility index (Phi) is 2.67. The highest BCUT2D eigenvalue weighted by Gasteiger charge is 2.20. The number of rotatable bonds is 2. The van der Waals surface area contributed by atoms with Gasteiger partial charge < -0.3 is 4.74 Å². The fourth-order valence-electron chi connectivity index (χ4n) is 2.61. The van der Waals surface area contributed by atoms with Crippen LogP contribution in [0.5, 0.6) is 5.75 Å². The van der Waals surface area contributed by atoms with E-state index in [-0.39, 0.29) is 0 Å². The van der Waals surface area contributed by atoms with Gasteiger partial charge >= 0.3 is 0 Å². The second-order valence-electron chi connectivity index (χ2n) is 4.69. The quantitative estimate of drug-likeness (QED) is 0.760. The van der Waals surface area contributed by atoms with E-state index < -0.39 is 0 Å². The standard InChI is InChI=1S/C17H16O/c1-12-5-3-4-6-15(12)16-10-8-13-7-9-14(18-2)11-17(13)16/h3-11,16H,1-2H3. The second kappa shape index (κ2) is 4.34. The molecule has 1 aliphatic carbocycles. The number of hydrogen-bond donors (Lipinski definition) is 0. The molecule has 2 aromatic rings. The van der Waals surface area contributed by atoms with Crippen molar-refractivity contribution in [2.24, 2.45) is 0 Å². The average Bonchev–Trinajstić information content (AvgIpc) is 2.82. The summed E-state index contributed by atoms with van der Waals surface area (Å²) in [4.78, 5) is 0. The SMILES string of the molecule is COc1ccc2c(c1)C(c1ccccc1C)C=C2. The lowest BCUT2D eigenvalue weighted by Crippen LogP contribution is -1.99. The van der Waals surface area contributed by atoms with Gasteiger partial charge in [0.25, 0.3) is 0 Å². The van der Waals surface area contributed by atoms with Gasteiger partial charge in [-0.25, -0.2) is 0 Å². The van der Waals surface area contributed by atoms with Gasteiger partial charge in [0, 0.05) is 5.92 Å². The van der Waals surface area contributed by atoms with E-state index in [2.05, 4.69) is 55.5 Å². The molecule has 0 saturated heterocycles. The van der Waals surface area contributed by atoms with Crippen molar-refractivity contribution in [1.29, 1.82) is 0 Å². The molecule has 0 saturated carbocycles. The molecule has 90 valence electrons. The zero-order valence-electron chi connectivity index (χ0n) is 10.7. The minimum atomic E-state index is 0.358. The lowest BCUT2D eigenvalue weighted by Gasteiger charge is -2.15. The minimum Gasteiger partial charge on any atom is -0.497 e. The minimum absolute atomic E-state index is 0.358. The summed E-state index contributed by atoms with van der Waals surface area (Å²) in [6.45, 7) is 2.17. The van der Waals surface area contributed by atoms with E-state index in [0.29, 0.717) is 5.92 Å². The van der Waals surface area contributed by atoms with E-state index >= 15 is 0 Å². The van der Waals surface area contributed by atoms with Gasteiger partial charge in [0.15, 0.2) is 0 Å². The van der Waals surface area contributed by atoms with Gasteiger partial charge in [0.1, 0.15) is 5.75 Å². The van der Waals surface area contributed by atoms with Gasteiger partial charge in [-0.1, -0.05) is 42.5 Å².